The van der Waals surface area contributed by atoms with Gasteiger partial charge in [0.1, 0.15) is 17.2 Å². The Balaban J connectivity index is 1.87. The average molecular weight is 569 g/mol. The Kier molecular flexibility index (Phi) is 8.07. The third-order valence-corrected chi connectivity index (χ3v) is 6.83. The summed E-state index contributed by atoms with van der Waals surface area (Å²) in [4.78, 5) is 60.9. The number of anilines is 1. The van der Waals surface area contributed by atoms with E-state index in [1.165, 1.54) is 47.8 Å². The highest BCUT2D eigenvalue weighted by Gasteiger charge is 2.29. The van der Waals surface area contributed by atoms with Gasteiger partial charge in [-0.25, -0.2) is 9.78 Å². The van der Waals surface area contributed by atoms with Crippen molar-refractivity contribution in [1.82, 2.24) is 24.3 Å². The van der Waals surface area contributed by atoms with E-state index in [-0.39, 0.29) is 28.6 Å². The van der Waals surface area contributed by atoms with Crippen LogP contribution in [0.5, 0.6) is 0 Å². The van der Waals surface area contributed by atoms with Crippen LogP contribution in [0.15, 0.2) is 53.7 Å². The van der Waals surface area contributed by atoms with E-state index < -0.39 is 29.3 Å². The van der Waals surface area contributed by atoms with Gasteiger partial charge in [0.25, 0.3) is 11.5 Å². The molecule has 0 saturated heterocycles. The number of methoxy groups -OCH3 is 1. The number of ketones is 1. The Bertz CT molecular complexity index is 1600. The molecule has 39 heavy (non-hydrogen) atoms. The smallest absolute Gasteiger partial charge is 0.340 e. The first-order valence-corrected chi connectivity index (χ1v) is 12.9. The second-order valence-corrected chi connectivity index (χ2v) is 11.3. The summed E-state index contributed by atoms with van der Waals surface area (Å²) < 4.78 is 7.86. The average Bonchev–Trinajstić information content (AvgIpc) is 3.53. The number of carbonyl (C=O) groups is 3. The Morgan fingerprint density at radius 1 is 1.13 bits per heavy atom. The van der Waals surface area contributed by atoms with Gasteiger partial charge in [-0.3, -0.25) is 23.9 Å². The first-order chi connectivity index (χ1) is 18.5. The molecule has 0 aliphatic rings. The molecule has 202 valence electrons. The number of esters is 1. The number of pyridine rings is 1. The van der Waals surface area contributed by atoms with Gasteiger partial charge in [0.15, 0.2) is 0 Å². The van der Waals surface area contributed by atoms with E-state index in [1.54, 1.807) is 32.9 Å². The Morgan fingerprint density at radius 3 is 2.51 bits per heavy atom. The molecule has 0 saturated carbocycles. The molecule has 4 aromatic rings. The molecule has 13 heteroatoms. The molecular weight excluding hydrogens is 544 g/mol. The van der Waals surface area contributed by atoms with Crippen LogP contribution in [0.4, 0.5) is 5.82 Å². The number of Topliss-reactive ketones (excluding diaryl/α,β-unsaturated/α-hetero) is 1. The van der Waals surface area contributed by atoms with Crippen molar-refractivity contribution in [2.45, 2.75) is 33.9 Å². The van der Waals surface area contributed by atoms with Gasteiger partial charge in [0.2, 0.25) is 5.78 Å². The van der Waals surface area contributed by atoms with Gasteiger partial charge in [-0.1, -0.05) is 32.4 Å². The minimum absolute atomic E-state index is 0.00603. The zero-order valence-electron chi connectivity index (χ0n) is 21.6. The first-order valence-electron chi connectivity index (χ1n) is 11.7. The topological polar surface area (TPSA) is 138 Å². The summed E-state index contributed by atoms with van der Waals surface area (Å²) in [5.74, 6) is -1.26. The minimum atomic E-state index is -0.810. The number of aromatic nitrogens is 5. The zero-order chi connectivity index (χ0) is 28.3. The molecule has 0 aliphatic carbocycles. The van der Waals surface area contributed by atoms with E-state index >= 15 is 0 Å². The molecule has 0 aromatic carbocycles. The quantitative estimate of drug-likeness (QED) is 0.245. The number of nitrogens with one attached hydrogen (secondary N) is 1. The highest BCUT2D eigenvalue weighted by Crippen LogP contribution is 2.29. The van der Waals surface area contributed by atoms with E-state index in [0.717, 1.165) is 15.5 Å². The van der Waals surface area contributed by atoms with Crippen molar-refractivity contribution >= 4 is 46.4 Å². The number of hydrogen-bond donors (Lipinski definition) is 1. The molecule has 1 N–H and O–H groups in total. The normalized spacial score (nSPS) is 11.3. The van der Waals surface area contributed by atoms with Crippen LogP contribution in [-0.4, -0.2) is 49.1 Å². The van der Waals surface area contributed by atoms with E-state index in [2.05, 4.69) is 20.4 Å². The van der Waals surface area contributed by atoms with Crippen molar-refractivity contribution in [3.8, 4) is 11.4 Å². The summed E-state index contributed by atoms with van der Waals surface area (Å²) in [7, 11) is 1.20. The van der Waals surface area contributed by atoms with Crippen molar-refractivity contribution < 1.29 is 19.1 Å². The van der Waals surface area contributed by atoms with Gasteiger partial charge in [-0.05, 0) is 18.2 Å². The molecule has 0 amide bonds. The zero-order valence-corrected chi connectivity index (χ0v) is 23.2. The van der Waals surface area contributed by atoms with Crippen LogP contribution in [0.1, 0.15) is 51.3 Å². The summed E-state index contributed by atoms with van der Waals surface area (Å²) in [5.41, 5.74) is -1.19. The van der Waals surface area contributed by atoms with Crippen LogP contribution in [0.3, 0.4) is 0 Å². The van der Waals surface area contributed by atoms with Gasteiger partial charge in [-0.2, -0.15) is 9.78 Å². The summed E-state index contributed by atoms with van der Waals surface area (Å²) in [6.07, 6.45) is 4.07. The maximum atomic E-state index is 13.3. The third kappa shape index (κ3) is 6.13. The Labute approximate surface area is 232 Å². The Morgan fingerprint density at radius 2 is 1.90 bits per heavy atom. The minimum Gasteiger partial charge on any atom is -0.465 e. The molecule has 0 fully saturated rings. The van der Waals surface area contributed by atoms with E-state index in [1.807, 2.05) is 6.07 Å². The summed E-state index contributed by atoms with van der Waals surface area (Å²) in [6, 6.07) is 7.64. The lowest BCUT2D eigenvalue weighted by atomic mass is 9.96. The fourth-order valence-corrected chi connectivity index (χ4v) is 4.70. The standard InChI is InChI=1S/C26H25ClN6O5S/c1-26(2,3)25(37)33-21(30-12-15-5-7-20(27)39-15)11-17(31-33)23-16(24(36)38-4)6-8-22(35)32(23)14-19(34)18-13-28-9-10-29-18/h5-11,13,30H,12,14H2,1-4H3. The number of carbonyl (C=O) groups excluding carboxylic acids is 3. The fourth-order valence-electron chi connectivity index (χ4n) is 3.67. The Hall–Kier alpha value is -4.16. The molecular formula is C26H25ClN6O5S. The predicted octanol–water partition coefficient (Wildman–Crippen LogP) is 4.18. The van der Waals surface area contributed by atoms with Gasteiger partial charge in [-0.15, -0.1) is 11.3 Å². The van der Waals surface area contributed by atoms with Gasteiger partial charge in [0.05, 0.1) is 42.0 Å². The van der Waals surface area contributed by atoms with E-state index in [4.69, 9.17) is 16.3 Å². The largest absolute Gasteiger partial charge is 0.465 e. The van der Waals surface area contributed by atoms with Crippen molar-refractivity contribution in [1.29, 1.82) is 0 Å². The summed E-state index contributed by atoms with van der Waals surface area (Å²) in [6.45, 7) is 5.14. The lowest BCUT2D eigenvalue weighted by Gasteiger charge is -2.18. The molecule has 4 rings (SSSR count). The van der Waals surface area contributed by atoms with Crippen LogP contribution >= 0.6 is 22.9 Å². The van der Waals surface area contributed by atoms with E-state index in [9.17, 15) is 19.2 Å². The number of nitrogens with zero attached hydrogens (tertiary/aromatic N) is 5. The molecule has 0 spiro atoms. The highest BCUT2D eigenvalue weighted by molar-refractivity contribution is 7.16. The van der Waals surface area contributed by atoms with Crippen LogP contribution < -0.4 is 10.9 Å². The lowest BCUT2D eigenvalue weighted by molar-refractivity contribution is 0.0600. The predicted molar refractivity (Wildman–Crippen MR) is 146 cm³/mol. The molecule has 4 aromatic heterocycles. The van der Waals surface area contributed by atoms with Crippen LogP contribution in [0.25, 0.3) is 11.4 Å². The second kappa shape index (κ2) is 11.3. The first kappa shape index (κ1) is 27.9. The number of thiophene rings is 1. The summed E-state index contributed by atoms with van der Waals surface area (Å²) in [5, 5.41) is 7.69. The SMILES string of the molecule is COC(=O)c1ccc(=O)n(CC(=O)c2cnccn2)c1-c1cc(NCc2ccc(Cl)s2)n(C(=O)C(C)(C)C)n1. The van der Waals surface area contributed by atoms with Crippen LogP contribution in [0.2, 0.25) is 4.34 Å². The number of hydrogen-bond acceptors (Lipinski definition) is 10. The second-order valence-electron chi connectivity index (χ2n) is 9.47. The molecule has 0 radical (unpaired) electrons. The summed E-state index contributed by atoms with van der Waals surface area (Å²) >= 11 is 7.44. The monoisotopic (exact) mass is 568 g/mol. The highest BCUT2D eigenvalue weighted by atomic mass is 35.5. The van der Waals surface area contributed by atoms with Crippen LogP contribution in [-0.2, 0) is 17.8 Å². The maximum absolute atomic E-state index is 13.3. The van der Waals surface area contributed by atoms with Crippen molar-refractivity contribution in [2.75, 3.05) is 12.4 Å². The lowest BCUT2D eigenvalue weighted by Crippen LogP contribution is -2.29. The molecule has 0 unspecified atom stereocenters. The van der Waals surface area contributed by atoms with Gasteiger partial charge < -0.3 is 10.1 Å². The number of rotatable bonds is 8. The van der Waals surface area contributed by atoms with Gasteiger partial charge >= 0.3 is 5.97 Å². The van der Waals surface area contributed by atoms with Crippen molar-refractivity contribution in [2.24, 2.45) is 5.41 Å². The number of ether oxygens (including phenoxy) is 1. The fraction of sp³-hybridized carbons (Fsp3) is 0.269. The van der Waals surface area contributed by atoms with Crippen molar-refractivity contribution in [3.05, 3.63) is 79.7 Å². The number of halogens is 1. The maximum Gasteiger partial charge on any atom is 0.340 e. The third-order valence-electron chi connectivity index (χ3n) is 5.60. The molecule has 4 heterocycles. The molecule has 0 atom stereocenters. The molecule has 0 aliphatic heterocycles. The van der Waals surface area contributed by atoms with E-state index in [0.29, 0.717) is 16.7 Å². The van der Waals surface area contributed by atoms with Crippen LogP contribution in [0, 0.1) is 5.41 Å². The van der Waals surface area contributed by atoms with Crippen molar-refractivity contribution in [3.63, 3.8) is 0 Å². The molecule has 11 nitrogen and oxygen atoms in total. The molecule has 0 bridgehead atoms. The van der Waals surface area contributed by atoms with Gasteiger partial charge in [0, 0.05) is 34.8 Å².